The normalized spacial score (nSPS) is 9.71. The van der Waals surface area contributed by atoms with Crippen LogP contribution in [0.25, 0.3) is 0 Å². The van der Waals surface area contributed by atoms with Crippen molar-refractivity contribution in [2.24, 2.45) is 0 Å². The number of hydrogen-bond donors (Lipinski definition) is 0. The lowest BCUT2D eigenvalue weighted by Gasteiger charge is -2.03. The van der Waals surface area contributed by atoms with E-state index in [-0.39, 0.29) is 0 Å². The number of halogens is 5. The lowest BCUT2D eigenvalue weighted by atomic mass is 10.1. The van der Waals surface area contributed by atoms with Crippen molar-refractivity contribution < 1.29 is 17.6 Å². The maximum atomic E-state index is 13.6. The number of rotatable bonds is 0. The summed E-state index contributed by atoms with van der Waals surface area (Å²) in [6, 6.07) is 7.75. The molecule has 0 radical (unpaired) electrons. The molecule has 2 aromatic rings. The van der Waals surface area contributed by atoms with Gasteiger partial charge in [-0.25, -0.2) is 17.6 Å². The maximum absolute atomic E-state index is 13.6. The van der Waals surface area contributed by atoms with Crippen LogP contribution in [-0.2, 0) is 0 Å². The zero-order valence-electron chi connectivity index (χ0n) is 10.1. The van der Waals surface area contributed by atoms with Crippen LogP contribution in [-0.4, -0.2) is 0 Å². The molecular formula is C15H4F4IN. The highest BCUT2D eigenvalue weighted by molar-refractivity contribution is 14.1. The first kappa shape index (κ1) is 15.3. The van der Waals surface area contributed by atoms with E-state index in [1.807, 2.05) is 6.07 Å². The zero-order chi connectivity index (χ0) is 15.6. The summed E-state index contributed by atoms with van der Waals surface area (Å²) in [5.74, 6) is -1.53. The van der Waals surface area contributed by atoms with Crippen LogP contribution < -0.4 is 0 Å². The highest BCUT2D eigenvalue weighted by Gasteiger charge is 2.22. The van der Waals surface area contributed by atoms with E-state index >= 15 is 0 Å². The minimum absolute atomic E-state index is 0.354. The summed E-state index contributed by atoms with van der Waals surface area (Å²) in [4.78, 5) is 0. The molecule has 1 nitrogen and oxygen atoms in total. The Labute approximate surface area is 131 Å². The van der Waals surface area contributed by atoms with Gasteiger partial charge in [-0.15, -0.1) is 0 Å². The van der Waals surface area contributed by atoms with Crippen LogP contribution in [0, 0.1) is 50.0 Å². The molecule has 0 unspecified atom stereocenters. The minimum atomic E-state index is -1.53. The van der Waals surface area contributed by atoms with Crippen LogP contribution in [0.2, 0.25) is 0 Å². The van der Waals surface area contributed by atoms with E-state index in [1.54, 1.807) is 0 Å². The number of nitriles is 1. The van der Waals surface area contributed by atoms with Gasteiger partial charge in [-0.3, -0.25) is 0 Å². The molecule has 0 saturated carbocycles. The fraction of sp³-hybridized carbons (Fsp3) is 0. The second-order valence-electron chi connectivity index (χ2n) is 3.88. The molecule has 2 aromatic carbocycles. The van der Waals surface area contributed by atoms with Gasteiger partial charge in [0.05, 0.1) is 15.2 Å². The Morgan fingerprint density at radius 3 is 1.71 bits per heavy atom. The van der Waals surface area contributed by atoms with Crippen molar-refractivity contribution >= 4 is 22.6 Å². The number of nitrogens with zero attached hydrogens (tertiary/aromatic N) is 1. The highest BCUT2D eigenvalue weighted by Crippen LogP contribution is 2.24. The molecule has 0 amide bonds. The smallest absolute Gasteiger partial charge is 0.178 e. The van der Waals surface area contributed by atoms with Crippen molar-refractivity contribution in [3.63, 3.8) is 0 Å². The summed E-state index contributed by atoms with van der Waals surface area (Å²) in [5, 5.41) is 8.63. The third-order valence-corrected chi connectivity index (χ3v) is 3.50. The Morgan fingerprint density at radius 1 is 0.762 bits per heavy atom. The molecule has 2 rings (SSSR count). The van der Waals surface area contributed by atoms with Gasteiger partial charge < -0.3 is 0 Å². The van der Waals surface area contributed by atoms with Gasteiger partial charge in [0.2, 0.25) is 0 Å². The van der Waals surface area contributed by atoms with Crippen LogP contribution in [0.15, 0.2) is 24.3 Å². The molecule has 0 atom stereocenters. The second kappa shape index (κ2) is 6.15. The van der Waals surface area contributed by atoms with Crippen LogP contribution in [0.3, 0.4) is 0 Å². The first-order chi connectivity index (χ1) is 9.95. The van der Waals surface area contributed by atoms with E-state index in [0.717, 1.165) is 0 Å². The van der Waals surface area contributed by atoms with Crippen molar-refractivity contribution in [2.45, 2.75) is 0 Å². The number of benzene rings is 2. The summed E-state index contributed by atoms with van der Waals surface area (Å²) in [6.07, 6.45) is 0. The molecule has 0 bridgehead atoms. The zero-order valence-corrected chi connectivity index (χ0v) is 12.3. The molecule has 0 aliphatic heterocycles. The molecule has 0 heterocycles. The Bertz CT molecular complexity index is 782. The molecule has 0 N–H and O–H groups in total. The first-order valence-corrected chi connectivity index (χ1v) is 6.57. The van der Waals surface area contributed by atoms with Crippen molar-refractivity contribution in [2.75, 3.05) is 0 Å². The third kappa shape index (κ3) is 3.01. The lowest BCUT2D eigenvalue weighted by Crippen LogP contribution is -2.03. The summed E-state index contributed by atoms with van der Waals surface area (Å²) < 4.78 is 53.2. The first-order valence-electron chi connectivity index (χ1n) is 5.49. The lowest BCUT2D eigenvalue weighted by molar-refractivity contribution is 0.442. The highest BCUT2D eigenvalue weighted by atomic mass is 127. The average molecular weight is 401 g/mol. The van der Waals surface area contributed by atoms with Gasteiger partial charge in [-0.05, 0) is 46.9 Å². The molecule has 6 heteroatoms. The molecule has 21 heavy (non-hydrogen) atoms. The van der Waals surface area contributed by atoms with Gasteiger partial charge >= 0.3 is 0 Å². The second-order valence-corrected chi connectivity index (χ2v) is 4.96. The van der Waals surface area contributed by atoms with Gasteiger partial charge in [-0.1, -0.05) is 11.8 Å². The van der Waals surface area contributed by atoms with E-state index < -0.39 is 32.4 Å². The Kier molecular flexibility index (Phi) is 4.49. The standard InChI is InChI=1S/C15H4F4IN/c16-11-10(12(17)14(19)15(20)13(11)18)6-5-8-1-3-9(7-21)4-2-8/h1-4H. The Hall–Kier alpha value is -2.06. The summed E-state index contributed by atoms with van der Waals surface area (Å²) >= 11 is 1.18. The van der Waals surface area contributed by atoms with E-state index in [2.05, 4.69) is 11.8 Å². The molecule has 0 aliphatic carbocycles. The van der Waals surface area contributed by atoms with Gasteiger partial charge in [0.1, 0.15) is 5.56 Å². The molecule has 0 spiro atoms. The quantitative estimate of drug-likeness (QED) is 0.214. The molecule has 0 saturated heterocycles. The number of hydrogen-bond acceptors (Lipinski definition) is 1. The van der Waals surface area contributed by atoms with Crippen molar-refractivity contribution in [1.29, 1.82) is 5.26 Å². The van der Waals surface area contributed by atoms with E-state index in [0.29, 0.717) is 11.1 Å². The maximum Gasteiger partial charge on any atom is 0.178 e. The minimum Gasteiger partial charge on any atom is -0.202 e. The van der Waals surface area contributed by atoms with Gasteiger partial charge in [-0.2, -0.15) is 5.26 Å². The van der Waals surface area contributed by atoms with Crippen LogP contribution in [0.4, 0.5) is 17.6 Å². The topological polar surface area (TPSA) is 23.8 Å². The van der Waals surface area contributed by atoms with Gasteiger partial charge in [0, 0.05) is 5.56 Å². The summed E-state index contributed by atoms with van der Waals surface area (Å²) in [7, 11) is 0. The Morgan fingerprint density at radius 2 is 1.24 bits per heavy atom. The predicted octanol–water partition coefficient (Wildman–Crippen LogP) is 4.12. The molecule has 104 valence electrons. The fourth-order valence-electron chi connectivity index (χ4n) is 1.48. The SMILES string of the molecule is N#Cc1ccc(C#Cc2c(F)c(F)c(I)c(F)c2F)cc1. The van der Waals surface area contributed by atoms with Gasteiger partial charge in [0.15, 0.2) is 23.3 Å². The average Bonchev–Trinajstić information content (AvgIpc) is 2.51. The molecule has 0 aliphatic rings. The summed E-state index contributed by atoms with van der Waals surface area (Å²) in [6.45, 7) is 0. The molecular weight excluding hydrogens is 397 g/mol. The molecule has 0 fully saturated rings. The van der Waals surface area contributed by atoms with Crippen molar-refractivity contribution in [3.8, 4) is 17.9 Å². The van der Waals surface area contributed by atoms with E-state index in [9.17, 15) is 17.6 Å². The van der Waals surface area contributed by atoms with E-state index in [1.165, 1.54) is 46.9 Å². The summed E-state index contributed by atoms with van der Waals surface area (Å²) in [5.41, 5.74) is -0.216. The van der Waals surface area contributed by atoms with Gasteiger partial charge in [0.25, 0.3) is 0 Å². The van der Waals surface area contributed by atoms with Crippen LogP contribution in [0.5, 0.6) is 0 Å². The largest absolute Gasteiger partial charge is 0.202 e. The van der Waals surface area contributed by atoms with Crippen molar-refractivity contribution in [1.82, 2.24) is 0 Å². The fourth-order valence-corrected chi connectivity index (χ4v) is 1.95. The van der Waals surface area contributed by atoms with E-state index in [4.69, 9.17) is 5.26 Å². The third-order valence-electron chi connectivity index (χ3n) is 2.56. The van der Waals surface area contributed by atoms with Crippen LogP contribution >= 0.6 is 22.6 Å². The Balaban J connectivity index is 2.50. The van der Waals surface area contributed by atoms with Crippen molar-refractivity contribution in [3.05, 3.63) is 67.8 Å². The molecule has 0 aromatic heterocycles. The van der Waals surface area contributed by atoms with Crippen LogP contribution in [0.1, 0.15) is 16.7 Å². The monoisotopic (exact) mass is 401 g/mol. The predicted molar refractivity (Wildman–Crippen MR) is 76.1 cm³/mol.